The summed E-state index contributed by atoms with van der Waals surface area (Å²) in [6.07, 6.45) is 2.21. The molecule has 0 radical (unpaired) electrons. The van der Waals surface area contributed by atoms with E-state index in [2.05, 4.69) is 47.8 Å². The molecule has 1 aliphatic heterocycles. The van der Waals surface area contributed by atoms with Gasteiger partial charge in [0.25, 0.3) is 0 Å². The van der Waals surface area contributed by atoms with Crippen LogP contribution in [0.15, 0.2) is 66.0 Å². The quantitative estimate of drug-likeness (QED) is 0.579. The molecule has 2 heterocycles. The largest absolute Gasteiger partial charge is 0.497 e. The van der Waals surface area contributed by atoms with Gasteiger partial charge in [-0.3, -0.25) is 4.79 Å². The fourth-order valence-electron chi connectivity index (χ4n) is 4.05. The van der Waals surface area contributed by atoms with Crippen LogP contribution in [0.3, 0.4) is 0 Å². The van der Waals surface area contributed by atoms with Crippen LogP contribution in [-0.4, -0.2) is 26.2 Å². The summed E-state index contributed by atoms with van der Waals surface area (Å²) in [6.45, 7) is 1.85. The van der Waals surface area contributed by atoms with Crippen molar-refractivity contribution >= 4 is 17.2 Å². The number of hydrogen-bond donors (Lipinski definition) is 1. The molecule has 0 unspecified atom stereocenters. The number of benzene rings is 2. The molecule has 0 aliphatic carbocycles. The maximum absolute atomic E-state index is 13.3. The predicted molar refractivity (Wildman–Crippen MR) is 121 cm³/mol. The summed E-state index contributed by atoms with van der Waals surface area (Å²) in [7, 11) is 1.67. The number of carbonyl (C=O) groups is 1. The molecule has 1 aromatic heterocycles. The second-order valence-corrected chi connectivity index (χ2v) is 8.79. The number of ether oxygens (including phenoxy) is 2. The lowest BCUT2D eigenvalue weighted by molar-refractivity contribution is -0.136. The Morgan fingerprint density at radius 2 is 1.87 bits per heavy atom. The van der Waals surface area contributed by atoms with Crippen LogP contribution >= 0.6 is 11.3 Å². The molecule has 1 N–H and O–H groups in total. The molecular weight excluding hydrogens is 394 g/mol. The molecule has 1 amide bonds. The van der Waals surface area contributed by atoms with Crippen LogP contribution in [0.4, 0.5) is 0 Å². The third-order valence-electron chi connectivity index (χ3n) is 5.83. The highest BCUT2D eigenvalue weighted by Crippen LogP contribution is 2.36. The minimum atomic E-state index is -0.423. The van der Waals surface area contributed by atoms with E-state index in [1.165, 1.54) is 10.4 Å². The maximum Gasteiger partial charge on any atom is 0.227 e. The molecule has 1 saturated heterocycles. The van der Waals surface area contributed by atoms with Crippen molar-refractivity contribution < 1.29 is 14.3 Å². The number of hydrogen-bond acceptors (Lipinski definition) is 4. The molecule has 0 spiro atoms. The van der Waals surface area contributed by atoms with Crippen LogP contribution in [-0.2, 0) is 22.5 Å². The molecule has 1 fully saturated rings. The van der Waals surface area contributed by atoms with E-state index in [9.17, 15) is 4.79 Å². The van der Waals surface area contributed by atoms with E-state index in [-0.39, 0.29) is 5.91 Å². The number of rotatable bonds is 7. The van der Waals surface area contributed by atoms with Gasteiger partial charge in [0.05, 0.1) is 19.1 Å². The first kappa shape index (κ1) is 20.6. The molecule has 156 valence electrons. The Labute approximate surface area is 181 Å². The standard InChI is InChI=1S/C25H27NO3S/c1-28-22-9-7-20(8-10-22)21-5-2-4-19(16-21)17-25(11-13-29-14-12-25)24(27)26-18-23-6-3-15-30-23/h2-10,15-16H,11-14,17-18H2,1H3,(H,26,27). The third-order valence-corrected chi connectivity index (χ3v) is 6.70. The van der Waals surface area contributed by atoms with Gasteiger partial charge in [-0.1, -0.05) is 42.5 Å². The average Bonchev–Trinajstić information content (AvgIpc) is 3.32. The Bertz CT molecular complexity index is 960. The number of carbonyl (C=O) groups excluding carboxylic acids is 1. The lowest BCUT2D eigenvalue weighted by Crippen LogP contribution is -2.45. The monoisotopic (exact) mass is 421 g/mol. The topological polar surface area (TPSA) is 47.6 Å². The van der Waals surface area contributed by atoms with Crippen LogP contribution in [0.1, 0.15) is 23.3 Å². The van der Waals surface area contributed by atoms with Crippen molar-refractivity contribution in [2.75, 3.05) is 20.3 Å². The normalized spacial score (nSPS) is 15.5. The molecule has 1 aliphatic rings. The number of thiophene rings is 1. The Balaban J connectivity index is 1.53. The van der Waals surface area contributed by atoms with Crippen LogP contribution in [0, 0.1) is 5.41 Å². The SMILES string of the molecule is COc1ccc(-c2cccc(CC3(C(=O)NCc4cccs4)CCOCC3)c2)cc1. The van der Waals surface area contributed by atoms with Crippen molar-refractivity contribution in [2.24, 2.45) is 5.41 Å². The number of amides is 1. The van der Waals surface area contributed by atoms with Gasteiger partial charge in [0, 0.05) is 18.1 Å². The molecule has 0 bridgehead atoms. The van der Waals surface area contributed by atoms with Gasteiger partial charge >= 0.3 is 0 Å². The van der Waals surface area contributed by atoms with Gasteiger partial charge in [-0.2, -0.15) is 0 Å². The first-order valence-electron chi connectivity index (χ1n) is 10.3. The fraction of sp³-hybridized carbons (Fsp3) is 0.320. The highest BCUT2D eigenvalue weighted by molar-refractivity contribution is 7.09. The predicted octanol–water partition coefficient (Wildman–Crippen LogP) is 5.08. The Morgan fingerprint density at radius 3 is 2.57 bits per heavy atom. The summed E-state index contributed by atoms with van der Waals surface area (Å²) in [5.41, 5.74) is 3.04. The van der Waals surface area contributed by atoms with Crippen molar-refractivity contribution in [3.05, 3.63) is 76.5 Å². The molecule has 3 aromatic rings. The van der Waals surface area contributed by atoms with Crippen molar-refractivity contribution in [1.29, 1.82) is 0 Å². The zero-order chi connectivity index (χ0) is 20.8. The summed E-state index contributed by atoms with van der Waals surface area (Å²) >= 11 is 1.67. The fourth-order valence-corrected chi connectivity index (χ4v) is 4.69. The van der Waals surface area contributed by atoms with Gasteiger partial charge in [0.1, 0.15) is 5.75 Å². The van der Waals surface area contributed by atoms with E-state index in [0.717, 1.165) is 36.1 Å². The van der Waals surface area contributed by atoms with Crippen LogP contribution < -0.4 is 10.1 Å². The molecule has 0 atom stereocenters. The Kier molecular flexibility index (Phi) is 6.50. The van der Waals surface area contributed by atoms with Crippen LogP contribution in [0.5, 0.6) is 5.75 Å². The zero-order valence-electron chi connectivity index (χ0n) is 17.2. The second-order valence-electron chi connectivity index (χ2n) is 7.76. The molecule has 4 rings (SSSR count). The van der Waals surface area contributed by atoms with Crippen molar-refractivity contribution in [2.45, 2.75) is 25.8 Å². The maximum atomic E-state index is 13.3. The Hall–Kier alpha value is -2.63. The van der Waals surface area contributed by atoms with Crippen molar-refractivity contribution in [1.82, 2.24) is 5.32 Å². The molecule has 4 nitrogen and oxygen atoms in total. The van der Waals surface area contributed by atoms with Crippen molar-refractivity contribution in [3.63, 3.8) is 0 Å². The molecule has 5 heteroatoms. The van der Waals surface area contributed by atoms with E-state index in [4.69, 9.17) is 9.47 Å². The van der Waals surface area contributed by atoms with E-state index < -0.39 is 5.41 Å². The first-order chi connectivity index (χ1) is 14.7. The molecule has 0 saturated carbocycles. The van der Waals surface area contributed by atoms with Gasteiger partial charge < -0.3 is 14.8 Å². The summed E-state index contributed by atoms with van der Waals surface area (Å²) < 4.78 is 10.9. The van der Waals surface area contributed by atoms with Gasteiger partial charge in [0.15, 0.2) is 0 Å². The average molecular weight is 422 g/mol. The summed E-state index contributed by atoms with van der Waals surface area (Å²) in [6, 6.07) is 20.7. The van der Waals surface area contributed by atoms with Gasteiger partial charge in [-0.15, -0.1) is 11.3 Å². The second kappa shape index (κ2) is 9.45. The van der Waals surface area contributed by atoms with Crippen LogP contribution in [0.2, 0.25) is 0 Å². The van der Waals surface area contributed by atoms with E-state index >= 15 is 0 Å². The van der Waals surface area contributed by atoms with Crippen LogP contribution in [0.25, 0.3) is 11.1 Å². The smallest absolute Gasteiger partial charge is 0.227 e. The summed E-state index contributed by atoms with van der Waals surface area (Å²) in [5, 5.41) is 5.21. The molecule has 2 aromatic carbocycles. The van der Waals surface area contributed by atoms with E-state index in [0.29, 0.717) is 19.8 Å². The molecular formula is C25H27NO3S. The Morgan fingerprint density at radius 1 is 1.07 bits per heavy atom. The highest BCUT2D eigenvalue weighted by atomic mass is 32.1. The minimum absolute atomic E-state index is 0.133. The van der Waals surface area contributed by atoms with E-state index in [1.807, 2.05) is 23.6 Å². The molecule has 30 heavy (non-hydrogen) atoms. The summed E-state index contributed by atoms with van der Waals surface area (Å²) in [5.74, 6) is 0.979. The lowest BCUT2D eigenvalue weighted by atomic mass is 9.74. The third kappa shape index (κ3) is 4.74. The minimum Gasteiger partial charge on any atom is -0.497 e. The van der Waals surface area contributed by atoms with Crippen molar-refractivity contribution in [3.8, 4) is 16.9 Å². The number of methoxy groups -OCH3 is 1. The zero-order valence-corrected chi connectivity index (χ0v) is 18.0. The lowest BCUT2D eigenvalue weighted by Gasteiger charge is -2.36. The highest BCUT2D eigenvalue weighted by Gasteiger charge is 2.40. The number of nitrogens with one attached hydrogen (secondary N) is 1. The van der Waals surface area contributed by atoms with Gasteiger partial charge in [-0.25, -0.2) is 0 Å². The summed E-state index contributed by atoms with van der Waals surface area (Å²) in [4.78, 5) is 14.4. The van der Waals surface area contributed by atoms with Gasteiger partial charge in [0.2, 0.25) is 5.91 Å². The van der Waals surface area contributed by atoms with Gasteiger partial charge in [-0.05, 0) is 59.5 Å². The first-order valence-corrected chi connectivity index (χ1v) is 11.2. The van der Waals surface area contributed by atoms with E-state index in [1.54, 1.807) is 18.4 Å².